The first-order valence-corrected chi connectivity index (χ1v) is 8.06. The van der Waals surface area contributed by atoms with Crippen LogP contribution in [0.15, 0.2) is 33.2 Å². The van der Waals surface area contributed by atoms with E-state index in [1.165, 1.54) is 0 Å². The zero-order valence-corrected chi connectivity index (χ0v) is 13.5. The number of hydrogen-bond donors (Lipinski definition) is 2. The second kappa shape index (κ2) is 7.83. The molecule has 0 radical (unpaired) electrons. The van der Waals surface area contributed by atoms with Gasteiger partial charge < -0.3 is 15.1 Å². The van der Waals surface area contributed by atoms with Crippen LogP contribution in [0, 0.1) is 0 Å². The van der Waals surface area contributed by atoms with Gasteiger partial charge >= 0.3 is 0 Å². The van der Waals surface area contributed by atoms with E-state index in [1.54, 1.807) is 17.6 Å². The minimum absolute atomic E-state index is 0.468. The van der Waals surface area contributed by atoms with Crippen molar-refractivity contribution in [3.63, 3.8) is 0 Å². The predicted molar refractivity (Wildman–Crippen MR) is 86.6 cm³/mol. The Labute approximate surface area is 129 Å². The summed E-state index contributed by atoms with van der Waals surface area (Å²) in [6.07, 6.45) is 1.66. The molecule has 0 atom stereocenters. The summed E-state index contributed by atoms with van der Waals surface area (Å²) in [6.45, 7) is 8.38. The van der Waals surface area contributed by atoms with Gasteiger partial charge in [-0.15, -0.1) is 11.3 Å². The Morgan fingerprint density at radius 1 is 1.43 bits per heavy atom. The van der Waals surface area contributed by atoms with E-state index >= 15 is 0 Å². The molecule has 0 spiro atoms. The summed E-state index contributed by atoms with van der Waals surface area (Å²) in [5, 5.41) is 9.71. The van der Waals surface area contributed by atoms with Crippen LogP contribution in [0.5, 0.6) is 0 Å². The maximum atomic E-state index is 5.28. The minimum Gasteiger partial charge on any atom is -0.467 e. The number of aromatic nitrogens is 1. The van der Waals surface area contributed by atoms with Gasteiger partial charge in [0, 0.05) is 11.9 Å². The molecule has 0 aliphatic carbocycles. The Hall–Kier alpha value is -1.82. The van der Waals surface area contributed by atoms with Crippen LogP contribution in [0.4, 0.5) is 0 Å². The van der Waals surface area contributed by atoms with E-state index in [-0.39, 0.29) is 0 Å². The predicted octanol–water partition coefficient (Wildman–Crippen LogP) is 3.11. The van der Waals surface area contributed by atoms with Crippen LogP contribution in [0.1, 0.15) is 43.2 Å². The van der Waals surface area contributed by atoms with Crippen LogP contribution in [0.3, 0.4) is 0 Å². The Bertz CT molecular complexity index is 560. The van der Waals surface area contributed by atoms with Gasteiger partial charge in [0.1, 0.15) is 17.3 Å². The summed E-state index contributed by atoms with van der Waals surface area (Å²) in [7, 11) is 0. The zero-order chi connectivity index (χ0) is 15.1. The summed E-state index contributed by atoms with van der Waals surface area (Å²) >= 11 is 1.68. The molecule has 2 heterocycles. The third-order valence-electron chi connectivity index (χ3n) is 2.89. The number of aliphatic imine (C=N–C) groups is 1. The lowest BCUT2D eigenvalue weighted by Gasteiger charge is -2.09. The minimum atomic E-state index is 0.468. The number of rotatable bonds is 6. The van der Waals surface area contributed by atoms with Crippen molar-refractivity contribution in [2.75, 3.05) is 6.54 Å². The highest BCUT2D eigenvalue weighted by molar-refractivity contribution is 7.09. The normalized spacial score (nSPS) is 11.9. The molecule has 0 amide bonds. The van der Waals surface area contributed by atoms with Gasteiger partial charge in [0.2, 0.25) is 0 Å². The molecule has 2 aromatic heterocycles. The van der Waals surface area contributed by atoms with E-state index in [1.807, 2.05) is 19.1 Å². The second-order valence-corrected chi connectivity index (χ2v) is 5.89. The topological polar surface area (TPSA) is 62.5 Å². The van der Waals surface area contributed by atoms with Gasteiger partial charge in [-0.25, -0.2) is 9.98 Å². The number of nitrogens with zero attached hydrogens (tertiary/aromatic N) is 2. The molecule has 0 fully saturated rings. The lowest BCUT2D eigenvalue weighted by atomic mass is 10.2. The van der Waals surface area contributed by atoms with Crippen molar-refractivity contribution in [2.45, 2.75) is 39.8 Å². The van der Waals surface area contributed by atoms with Gasteiger partial charge in [-0.2, -0.15) is 0 Å². The molecular formula is C15H22N4OS. The molecule has 0 aliphatic heterocycles. The molecule has 2 rings (SSSR count). The summed E-state index contributed by atoms with van der Waals surface area (Å²) in [6, 6.07) is 3.79. The van der Waals surface area contributed by atoms with E-state index in [2.05, 4.69) is 39.8 Å². The first-order valence-electron chi connectivity index (χ1n) is 7.18. The molecule has 2 aromatic rings. The fraction of sp³-hybridized carbons (Fsp3) is 0.467. The van der Waals surface area contributed by atoms with E-state index in [0.29, 0.717) is 19.0 Å². The number of furan rings is 1. The van der Waals surface area contributed by atoms with Crippen molar-refractivity contribution in [1.29, 1.82) is 0 Å². The first kappa shape index (κ1) is 15.6. The van der Waals surface area contributed by atoms with Crippen molar-refractivity contribution < 1.29 is 4.42 Å². The summed E-state index contributed by atoms with van der Waals surface area (Å²) in [5.74, 6) is 2.09. The molecule has 5 nitrogen and oxygen atoms in total. The summed E-state index contributed by atoms with van der Waals surface area (Å²) in [5.41, 5.74) is 1.15. The van der Waals surface area contributed by atoms with Crippen LogP contribution >= 0.6 is 11.3 Å². The van der Waals surface area contributed by atoms with Crippen LogP contribution in [-0.2, 0) is 13.1 Å². The lowest BCUT2D eigenvalue weighted by Crippen LogP contribution is -2.36. The lowest BCUT2D eigenvalue weighted by molar-refractivity contribution is 0.512. The van der Waals surface area contributed by atoms with E-state index in [9.17, 15) is 0 Å². The molecule has 21 heavy (non-hydrogen) atoms. The standard InChI is InChI=1S/C15H22N4OS/c1-4-16-15(17-8-12-6-5-7-20-12)18-9-14-19-13(10-21-14)11(2)3/h5-7,10-11H,4,8-9H2,1-3H3,(H2,16,17,18). The average Bonchev–Trinajstić information content (AvgIpc) is 3.13. The van der Waals surface area contributed by atoms with Crippen molar-refractivity contribution in [3.8, 4) is 0 Å². The summed E-state index contributed by atoms with van der Waals surface area (Å²) in [4.78, 5) is 9.10. The van der Waals surface area contributed by atoms with Gasteiger partial charge in [0.25, 0.3) is 0 Å². The smallest absolute Gasteiger partial charge is 0.192 e. The zero-order valence-electron chi connectivity index (χ0n) is 12.7. The van der Waals surface area contributed by atoms with Crippen molar-refractivity contribution >= 4 is 17.3 Å². The van der Waals surface area contributed by atoms with Crippen molar-refractivity contribution in [2.24, 2.45) is 4.99 Å². The van der Waals surface area contributed by atoms with Crippen LogP contribution < -0.4 is 10.6 Å². The van der Waals surface area contributed by atoms with Gasteiger partial charge in [-0.05, 0) is 25.0 Å². The Kier molecular flexibility index (Phi) is 5.80. The molecule has 114 valence electrons. The second-order valence-electron chi connectivity index (χ2n) is 4.95. The first-order chi connectivity index (χ1) is 10.2. The maximum absolute atomic E-state index is 5.28. The molecule has 0 saturated heterocycles. The molecular weight excluding hydrogens is 284 g/mol. The summed E-state index contributed by atoms with van der Waals surface area (Å²) < 4.78 is 5.28. The van der Waals surface area contributed by atoms with Crippen molar-refractivity contribution in [1.82, 2.24) is 15.6 Å². The number of guanidine groups is 1. The number of thiazole rings is 1. The fourth-order valence-corrected chi connectivity index (χ4v) is 2.63. The Morgan fingerprint density at radius 3 is 2.90 bits per heavy atom. The largest absolute Gasteiger partial charge is 0.467 e. The fourth-order valence-electron chi connectivity index (χ4n) is 1.73. The highest BCUT2D eigenvalue weighted by Gasteiger charge is 2.06. The van der Waals surface area contributed by atoms with Crippen molar-refractivity contribution in [3.05, 3.63) is 40.2 Å². The monoisotopic (exact) mass is 306 g/mol. The number of hydrogen-bond acceptors (Lipinski definition) is 4. The molecule has 0 bridgehead atoms. The third kappa shape index (κ3) is 4.90. The van der Waals surface area contributed by atoms with Crippen LogP contribution in [0.2, 0.25) is 0 Å². The van der Waals surface area contributed by atoms with Gasteiger partial charge in [-0.1, -0.05) is 13.8 Å². The van der Waals surface area contributed by atoms with Crippen LogP contribution in [0.25, 0.3) is 0 Å². The van der Waals surface area contributed by atoms with E-state index in [4.69, 9.17) is 4.42 Å². The quantitative estimate of drug-likeness (QED) is 0.636. The number of nitrogens with one attached hydrogen (secondary N) is 2. The highest BCUT2D eigenvalue weighted by atomic mass is 32.1. The Morgan fingerprint density at radius 2 is 2.29 bits per heavy atom. The molecule has 0 aliphatic rings. The third-order valence-corrected chi connectivity index (χ3v) is 3.75. The molecule has 0 aromatic carbocycles. The van der Waals surface area contributed by atoms with E-state index < -0.39 is 0 Å². The van der Waals surface area contributed by atoms with Gasteiger partial charge in [-0.3, -0.25) is 0 Å². The Balaban J connectivity index is 1.91. The van der Waals surface area contributed by atoms with E-state index in [0.717, 1.165) is 29.0 Å². The molecule has 0 unspecified atom stereocenters. The molecule has 2 N–H and O–H groups in total. The van der Waals surface area contributed by atoms with Gasteiger partial charge in [0.05, 0.1) is 18.5 Å². The molecule has 0 saturated carbocycles. The van der Waals surface area contributed by atoms with Gasteiger partial charge in [0.15, 0.2) is 5.96 Å². The molecule has 6 heteroatoms. The highest BCUT2D eigenvalue weighted by Crippen LogP contribution is 2.17. The SMILES string of the molecule is CCNC(=NCc1ccco1)NCc1nc(C(C)C)cs1. The van der Waals surface area contributed by atoms with Crippen LogP contribution in [-0.4, -0.2) is 17.5 Å². The average molecular weight is 306 g/mol. The maximum Gasteiger partial charge on any atom is 0.192 e.